The Balaban J connectivity index is 1.39. The first-order valence-electron chi connectivity index (χ1n) is 13.6. The van der Waals surface area contributed by atoms with E-state index < -0.39 is 0 Å². The molecule has 0 aromatic heterocycles. The number of unbranched alkanes of at least 4 members (excludes halogenated alkanes) is 2. The van der Waals surface area contributed by atoms with Crippen LogP contribution in [0.2, 0.25) is 0 Å². The molecule has 2 nitrogen and oxygen atoms in total. The molecule has 0 radical (unpaired) electrons. The average Bonchev–Trinajstić information content (AvgIpc) is 2.80. The van der Waals surface area contributed by atoms with E-state index in [1.807, 2.05) is 0 Å². The molecule has 0 amide bonds. The molecule has 2 aliphatic rings. The fourth-order valence-electron chi connectivity index (χ4n) is 6.24. The van der Waals surface area contributed by atoms with Crippen molar-refractivity contribution in [2.75, 3.05) is 0 Å². The highest BCUT2D eigenvalue weighted by Crippen LogP contribution is 2.43. The second kappa shape index (κ2) is 13.4. The summed E-state index contributed by atoms with van der Waals surface area (Å²) in [5.41, 5.74) is 0.718. The van der Waals surface area contributed by atoms with Crippen LogP contribution in [0.5, 0.6) is 5.75 Å². The quantitative estimate of drug-likeness (QED) is 0.194. The molecule has 1 unspecified atom stereocenters. The van der Waals surface area contributed by atoms with Crippen molar-refractivity contribution in [2.24, 2.45) is 23.7 Å². The van der Waals surface area contributed by atoms with Crippen LogP contribution in [0.3, 0.4) is 0 Å². The summed E-state index contributed by atoms with van der Waals surface area (Å²) in [5, 5.41) is 0. The molecule has 32 heavy (non-hydrogen) atoms. The second-order valence-corrected chi connectivity index (χ2v) is 10.6. The predicted octanol–water partition coefficient (Wildman–Crippen LogP) is 8.66. The Kier molecular flexibility index (Phi) is 10.5. The van der Waals surface area contributed by atoms with Gasteiger partial charge >= 0.3 is 5.97 Å². The monoisotopic (exact) mass is 444 g/mol. The number of esters is 1. The maximum absolute atomic E-state index is 14.3. The summed E-state index contributed by atoms with van der Waals surface area (Å²) in [5.74, 6) is 3.27. The fourth-order valence-corrected chi connectivity index (χ4v) is 6.24. The lowest BCUT2D eigenvalue weighted by atomic mass is 9.67. The molecule has 2 fully saturated rings. The van der Waals surface area contributed by atoms with Gasteiger partial charge in [-0.1, -0.05) is 77.7 Å². The summed E-state index contributed by atoms with van der Waals surface area (Å²) < 4.78 is 19.8. The molecule has 0 heterocycles. The van der Waals surface area contributed by atoms with Crippen LogP contribution in [0.25, 0.3) is 0 Å². The van der Waals surface area contributed by atoms with E-state index in [4.69, 9.17) is 4.74 Å². The van der Waals surface area contributed by atoms with Crippen molar-refractivity contribution < 1.29 is 13.9 Å². The Labute approximate surface area is 195 Å². The molecule has 0 spiro atoms. The number of rotatable bonds is 11. The molecular formula is C29H45FO2. The zero-order valence-electron chi connectivity index (χ0n) is 20.5. The smallest absolute Gasteiger partial charge is 0.311 e. The number of hydrogen-bond acceptors (Lipinski definition) is 2. The SMILES string of the molecule is CCCCCc1ccc(OC(=O)CCC2CCC[C@H](C3CCC(CCC)CC3)C2)cc1F. The van der Waals surface area contributed by atoms with Gasteiger partial charge in [0, 0.05) is 12.5 Å². The lowest BCUT2D eigenvalue weighted by molar-refractivity contribution is -0.134. The lowest BCUT2D eigenvalue weighted by Gasteiger charge is -2.38. The first-order chi connectivity index (χ1) is 15.6. The fraction of sp³-hybridized carbons (Fsp3) is 0.759. The first-order valence-corrected chi connectivity index (χ1v) is 13.6. The molecule has 2 aliphatic carbocycles. The van der Waals surface area contributed by atoms with E-state index in [9.17, 15) is 9.18 Å². The summed E-state index contributed by atoms with van der Waals surface area (Å²) in [6.45, 7) is 4.45. The van der Waals surface area contributed by atoms with Crippen molar-refractivity contribution in [1.82, 2.24) is 0 Å². The highest BCUT2D eigenvalue weighted by Gasteiger charge is 2.31. The van der Waals surface area contributed by atoms with Gasteiger partial charge in [-0.3, -0.25) is 4.79 Å². The van der Waals surface area contributed by atoms with Gasteiger partial charge in [0.25, 0.3) is 0 Å². The first kappa shape index (κ1) is 25.2. The Morgan fingerprint density at radius 1 is 0.938 bits per heavy atom. The van der Waals surface area contributed by atoms with E-state index in [2.05, 4.69) is 13.8 Å². The summed E-state index contributed by atoms with van der Waals surface area (Å²) >= 11 is 0. The molecule has 3 heteroatoms. The molecule has 0 bridgehead atoms. The van der Waals surface area contributed by atoms with Crippen LogP contribution in [-0.2, 0) is 11.2 Å². The lowest BCUT2D eigenvalue weighted by Crippen LogP contribution is -2.27. The Bertz CT molecular complexity index is 692. The summed E-state index contributed by atoms with van der Waals surface area (Å²) in [6, 6.07) is 4.90. The van der Waals surface area contributed by atoms with Gasteiger partial charge in [0.2, 0.25) is 0 Å². The van der Waals surface area contributed by atoms with Gasteiger partial charge in [-0.15, -0.1) is 0 Å². The summed E-state index contributed by atoms with van der Waals surface area (Å²) in [6.07, 6.45) is 19.0. The number of hydrogen-bond donors (Lipinski definition) is 0. The van der Waals surface area contributed by atoms with E-state index in [1.54, 1.807) is 12.1 Å². The average molecular weight is 445 g/mol. The van der Waals surface area contributed by atoms with Crippen molar-refractivity contribution >= 4 is 5.97 Å². The van der Waals surface area contributed by atoms with E-state index >= 15 is 0 Å². The van der Waals surface area contributed by atoms with Gasteiger partial charge in [-0.25, -0.2) is 4.39 Å². The normalized spacial score (nSPS) is 26.1. The van der Waals surface area contributed by atoms with Gasteiger partial charge < -0.3 is 4.74 Å². The molecule has 0 N–H and O–H groups in total. The van der Waals surface area contributed by atoms with Crippen LogP contribution in [0.1, 0.15) is 116 Å². The summed E-state index contributed by atoms with van der Waals surface area (Å²) in [7, 11) is 0. The largest absolute Gasteiger partial charge is 0.426 e. The van der Waals surface area contributed by atoms with Crippen LogP contribution < -0.4 is 4.74 Å². The van der Waals surface area contributed by atoms with Crippen molar-refractivity contribution in [3.8, 4) is 5.75 Å². The van der Waals surface area contributed by atoms with Gasteiger partial charge in [0.05, 0.1) is 0 Å². The Hall–Kier alpha value is -1.38. The van der Waals surface area contributed by atoms with Gasteiger partial charge in [-0.2, -0.15) is 0 Å². The van der Waals surface area contributed by atoms with Crippen molar-refractivity contribution in [3.63, 3.8) is 0 Å². The van der Waals surface area contributed by atoms with Crippen molar-refractivity contribution in [1.29, 1.82) is 0 Å². The summed E-state index contributed by atoms with van der Waals surface area (Å²) in [4.78, 5) is 12.4. The van der Waals surface area contributed by atoms with Crippen LogP contribution in [0.4, 0.5) is 4.39 Å². The molecule has 3 rings (SSSR count). The van der Waals surface area contributed by atoms with Crippen LogP contribution in [-0.4, -0.2) is 5.97 Å². The van der Waals surface area contributed by atoms with Crippen LogP contribution in [0.15, 0.2) is 18.2 Å². The van der Waals surface area contributed by atoms with E-state index in [0.717, 1.165) is 55.4 Å². The van der Waals surface area contributed by atoms with Gasteiger partial charge in [-0.05, 0) is 73.8 Å². The molecule has 2 saturated carbocycles. The maximum atomic E-state index is 14.3. The Morgan fingerprint density at radius 3 is 2.47 bits per heavy atom. The van der Waals surface area contributed by atoms with Crippen molar-refractivity contribution in [3.05, 3.63) is 29.6 Å². The van der Waals surface area contributed by atoms with Crippen LogP contribution in [0, 0.1) is 29.5 Å². The molecule has 1 aromatic carbocycles. The third-order valence-electron chi connectivity index (χ3n) is 8.14. The molecule has 0 saturated heterocycles. The maximum Gasteiger partial charge on any atom is 0.311 e. The number of carbonyl (C=O) groups is 1. The van der Waals surface area contributed by atoms with E-state index in [-0.39, 0.29) is 11.8 Å². The van der Waals surface area contributed by atoms with Crippen LogP contribution >= 0.6 is 0 Å². The van der Waals surface area contributed by atoms with Crippen molar-refractivity contribution in [2.45, 2.75) is 117 Å². The molecule has 0 aliphatic heterocycles. The number of carbonyl (C=O) groups excluding carboxylic acids is 1. The van der Waals surface area contributed by atoms with Gasteiger partial charge in [0.15, 0.2) is 0 Å². The third-order valence-corrected chi connectivity index (χ3v) is 8.14. The zero-order chi connectivity index (χ0) is 22.8. The molecule has 2 atom stereocenters. The zero-order valence-corrected chi connectivity index (χ0v) is 20.5. The molecule has 1 aromatic rings. The Morgan fingerprint density at radius 2 is 1.75 bits per heavy atom. The third kappa shape index (κ3) is 7.89. The number of benzene rings is 1. The standard InChI is InChI=1S/C29H45FO2/c1-3-5-6-10-25-17-18-27(21-28(25)30)32-29(31)19-14-23-9-7-11-26(20-23)24-15-12-22(8-4-2)13-16-24/h17-18,21-24,26H,3-16,19-20H2,1-2H3/t22?,23?,24?,26-/m0/s1. The highest BCUT2D eigenvalue weighted by molar-refractivity contribution is 5.72. The minimum atomic E-state index is -0.254. The van der Waals surface area contributed by atoms with E-state index in [0.29, 0.717) is 18.1 Å². The topological polar surface area (TPSA) is 26.3 Å². The second-order valence-electron chi connectivity index (χ2n) is 10.6. The highest BCUT2D eigenvalue weighted by atomic mass is 19.1. The molecule has 180 valence electrons. The number of halogens is 1. The van der Waals surface area contributed by atoms with E-state index in [1.165, 1.54) is 70.3 Å². The predicted molar refractivity (Wildman–Crippen MR) is 130 cm³/mol. The van der Waals surface area contributed by atoms with Gasteiger partial charge in [0.1, 0.15) is 11.6 Å². The number of ether oxygens (including phenoxy) is 1. The number of aryl methyl sites for hydroxylation is 1. The minimum Gasteiger partial charge on any atom is -0.426 e. The minimum absolute atomic E-state index is 0.217. The molecular weight excluding hydrogens is 399 g/mol.